The highest BCUT2D eigenvalue weighted by atomic mass is 32.1. The van der Waals surface area contributed by atoms with Gasteiger partial charge in [0.15, 0.2) is 6.29 Å². The number of aromatic nitrogens is 1. The molecule has 0 N–H and O–H groups in total. The average molecular weight is 289 g/mol. The summed E-state index contributed by atoms with van der Waals surface area (Å²) in [5.74, 6) is 1.01. The second-order valence-corrected chi connectivity index (χ2v) is 6.67. The SMILES string of the molecule is COC1OC1C1CC=CC2=C1CCCC2c1nccs1. The first-order valence-corrected chi connectivity index (χ1v) is 8.23. The molecule has 0 bridgehead atoms. The Hall–Kier alpha value is -0.970. The Kier molecular flexibility index (Phi) is 3.25. The van der Waals surface area contributed by atoms with Gasteiger partial charge in [-0.05, 0) is 31.3 Å². The zero-order valence-electron chi connectivity index (χ0n) is 11.6. The molecule has 20 heavy (non-hydrogen) atoms. The molecule has 0 aromatic carbocycles. The molecule has 1 fully saturated rings. The molecule has 0 saturated carbocycles. The van der Waals surface area contributed by atoms with Crippen LogP contribution < -0.4 is 0 Å². The van der Waals surface area contributed by atoms with E-state index in [0.29, 0.717) is 11.8 Å². The summed E-state index contributed by atoms with van der Waals surface area (Å²) in [4.78, 5) is 4.54. The molecule has 1 aliphatic heterocycles. The van der Waals surface area contributed by atoms with E-state index in [9.17, 15) is 0 Å². The number of epoxide rings is 1. The van der Waals surface area contributed by atoms with Crippen LogP contribution in [0.25, 0.3) is 0 Å². The van der Waals surface area contributed by atoms with Crippen molar-refractivity contribution in [2.45, 2.75) is 44.0 Å². The largest absolute Gasteiger partial charge is 0.353 e. The highest BCUT2D eigenvalue weighted by Gasteiger charge is 2.48. The van der Waals surface area contributed by atoms with Crippen LogP contribution in [0, 0.1) is 5.92 Å². The summed E-state index contributed by atoms with van der Waals surface area (Å²) in [5, 5.41) is 3.35. The molecule has 0 amide bonds. The Bertz CT molecular complexity index is 549. The summed E-state index contributed by atoms with van der Waals surface area (Å²) in [6, 6.07) is 0. The highest BCUT2D eigenvalue weighted by Crippen LogP contribution is 2.48. The number of nitrogens with zero attached hydrogens (tertiary/aromatic N) is 1. The van der Waals surface area contributed by atoms with Gasteiger partial charge in [-0.2, -0.15) is 0 Å². The second kappa shape index (κ2) is 5.10. The fraction of sp³-hybridized carbons (Fsp3) is 0.562. The standard InChI is InChI=1S/C16H19NO2S/c1-18-16-14(19-16)12-6-2-5-11-10(12)4-3-7-13(11)15-17-8-9-20-15/h2,5,8-9,12-14,16H,3-4,6-7H2,1H3. The first-order valence-electron chi connectivity index (χ1n) is 7.35. The van der Waals surface area contributed by atoms with Crippen LogP contribution >= 0.6 is 11.3 Å². The van der Waals surface area contributed by atoms with E-state index in [1.807, 2.05) is 6.20 Å². The van der Waals surface area contributed by atoms with Gasteiger partial charge in [-0.1, -0.05) is 17.7 Å². The summed E-state index contributed by atoms with van der Waals surface area (Å²) < 4.78 is 11.0. The van der Waals surface area contributed by atoms with Crippen molar-refractivity contribution in [3.05, 3.63) is 39.9 Å². The number of allylic oxidation sites excluding steroid dienone is 3. The minimum absolute atomic E-state index is 0.0143. The third-order valence-corrected chi connectivity index (χ3v) is 5.57. The predicted octanol–water partition coefficient (Wildman–Crippen LogP) is 3.65. The van der Waals surface area contributed by atoms with Gasteiger partial charge in [0.25, 0.3) is 0 Å². The van der Waals surface area contributed by atoms with Crippen LogP contribution in [0.1, 0.15) is 36.6 Å². The Morgan fingerprint density at radius 3 is 3.15 bits per heavy atom. The Morgan fingerprint density at radius 1 is 1.45 bits per heavy atom. The molecular formula is C16H19NO2S. The molecule has 1 saturated heterocycles. The van der Waals surface area contributed by atoms with E-state index in [1.54, 1.807) is 24.0 Å². The van der Waals surface area contributed by atoms with Gasteiger partial charge in [0.05, 0.1) is 5.01 Å². The summed E-state index contributed by atoms with van der Waals surface area (Å²) >= 11 is 1.78. The lowest BCUT2D eigenvalue weighted by molar-refractivity contribution is 0.0950. The van der Waals surface area contributed by atoms with Gasteiger partial charge in [-0.25, -0.2) is 4.98 Å². The van der Waals surface area contributed by atoms with E-state index in [0.717, 1.165) is 6.42 Å². The van der Waals surface area contributed by atoms with Gasteiger partial charge in [-0.3, -0.25) is 0 Å². The van der Waals surface area contributed by atoms with Crippen LogP contribution in [0.15, 0.2) is 34.9 Å². The molecule has 3 aliphatic rings. The van der Waals surface area contributed by atoms with Gasteiger partial charge in [0.1, 0.15) is 6.10 Å². The van der Waals surface area contributed by atoms with E-state index < -0.39 is 0 Å². The lowest BCUT2D eigenvalue weighted by Crippen LogP contribution is -2.22. The van der Waals surface area contributed by atoms with Crippen LogP contribution in [0.4, 0.5) is 0 Å². The maximum absolute atomic E-state index is 5.68. The molecule has 106 valence electrons. The van der Waals surface area contributed by atoms with Crippen LogP contribution in [-0.2, 0) is 9.47 Å². The normalized spacial score (nSPS) is 36.0. The van der Waals surface area contributed by atoms with Crippen molar-refractivity contribution >= 4 is 11.3 Å². The van der Waals surface area contributed by atoms with Gasteiger partial charge in [0.2, 0.25) is 0 Å². The fourth-order valence-electron chi connectivity index (χ4n) is 3.71. The monoisotopic (exact) mass is 289 g/mol. The number of rotatable bonds is 3. The van der Waals surface area contributed by atoms with Crippen molar-refractivity contribution in [2.24, 2.45) is 5.92 Å². The molecule has 0 spiro atoms. The van der Waals surface area contributed by atoms with Crippen LogP contribution in [0.2, 0.25) is 0 Å². The van der Waals surface area contributed by atoms with E-state index in [2.05, 4.69) is 22.5 Å². The highest BCUT2D eigenvalue weighted by molar-refractivity contribution is 7.09. The van der Waals surface area contributed by atoms with Crippen LogP contribution in [0.5, 0.6) is 0 Å². The van der Waals surface area contributed by atoms with Gasteiger partial charge in [0, 0.05) is 30.5 Å². The third kappa shape index (κ3) is 2.07. The van der Waals surface area contributed by atoms with Crippen molar-refractivity contribution in [3.8, 4) is 0 Å². The quantitative estimate of drug-likeness (QED) is 0.797. The average Bonchev–Trinajstić information content (AvgIpc) is 3.08. The molecule has 4 atom stereocenters. The summed E-state index contributed by atoms with van der Waals surface area (Å²) in [6.07, 6.45) is 11.6. The predicted molar refractivity (Wildman–Crippen MR) is 78.6 cm³/mol. The van der Waals surface area contributed by atoms with Crippen LogP contribution in [-0.4, -0.2) is 24.5 Å². The van der Waals surface area contributed by atoms with Crippen molar-refractivity contribution in [1.29, 1.82) is 0 Å². The number of hydrogen-bond donors (Lipinski definition) is 0. The molecule has 4 heteroatoms. The zero-order chi connectivity index (χ0) is 13.5. The molecule has 1 aromatic heterocycles. The number of ether oxygens (including phenoxy) is 2. The summed E-state index contributed by atoms with van der Waals surface area (Å²) in [5.41, 5.74) is 3.11. The van der Waals surface area contributed by atoms with E-state index in [1.165, 1.54) is 29.8 Å². The molecular weight excluding hydrogens is 270 g/mol. The Balaban J connectivity index is 1.66. The Labute approximate surface area is 123 Å². The lowest BCUT2D eigenvalue weighted by Gasteiger charge is -2.32. The number of thiazole rings is 1. The molecule has 2 aliphatic carbocycles. The minimum atomic E-state index is 0.0143. The van der Waals surface area contributed by atoms with Gasteiger partial charge in [-0.15, -0.1) is 11.3 Å². The lowest BCUT2D eigenvalue weighted by atomic mass is 9.73. The van der Waals surface area contributed by atoms with Crippen molar-refractivity contribution in [1.82, 2.24) is 4.98 Å². The maximum Gasteiger partial charge on any atom is 0.184 e. The molecule has 2 heterocycles. The second-order valence-electron chi connectivity index (χ2n) is 5.75. The van der Waals surface area contributed by atoms with Gasteiger partial charge < -0.3 is 9.47 Å². The first-order chi connectivity index (χ1) is 9.88. The third-order valence-electron chi connectivity index (χ3n) is 4.68. The van der Waals surface area contributed by atoms with Crippen molar-refractivity contribution in [2.75, 3.05) is 7.11 Å². The molecule has 4 unspecified atom stereocenters. The van der Waals surface area contributed by atoms with Crippen molar-refractivity contribution in [3.63, 3.8) is 0 Å². The van der Waals surface area contributed by atoms with E-state index in [4.69, 9.17) is 9.47 Å². The smallest absolute Gasteiger partial charge is 0.184 e. The van der Waals surface area contributed by atoms with E-state index >= 15 is 0 Å². The number of methoxy groups -OCH3 is 1. The van der Waals surface area contributed by atoms with E-state index in [-0.39, 0.29) is 12.4 Å². The molecule has 0 radical (unpaired) electrons. The minimum Gasteiger partial charge on any atom is -0.353 e. The van der Waals surface area contributed by atoms with Gasteiger partial charge >= 0.3 is 0 Å². The van der Waals surface area contributed by atoms with Crippen LogP contribution in [0.3, 0.4) is 0 Å². The summed E-state index contributed by atoms with van der Waals surface area (Å²) in [6.45, 7) is 0. The zero-order valence-corrected chi connectivity index (χ0v) is 12.4. The molecule has 1 aromatic rings. The topological polar surface area (TPSA) is 34.6 Å². The Morgan fingerprint density at radius 2 is 2.40 bits per heavy atom. The first kappa shape index (κ1) is 12.7. The summed E-state index contributed by atoms with van der Waals surface area (Å²) in [7, 11) is 1.73. The molecule has 3 nitrogen and oxygen atoms in total. The van der Waals surface area contributed by atoms with Crippen molar-refractivity contribution < 1.29 is 9.47 Å². The number of hydrogen-bond acceptors (Lipinski definition) is 4. The maximum atomic E-state index is 5.68. The fourth-order valence-corrected chi connectivity index (χ4v) is 4.50. The molecule has 4 rings (SSSR count).